The molecule has 3 heterocycles. The SMILES string of the molecule is CCN(CC)Cc1nnc2c3cc(-c4ccccc4)c(-c4ccc(C5(N)CCC5)cc4)nc3ccn12. The summed E-state index contributed by atoms with van der Waals surface area (Å²) in [6, 6.07) is 23.5. The van der Waals surface area contributed by atoms with E-state index in [1.807, 2.05) is 12.3 Å². The van der Waals surface area contributed by atoms with E-state index in [-0.39, 0.29) is 5.54 Å². The minimum Gasteiger partial charge on any atom is -0.321 e. The fraction of sp³-hybridized carbons (Fsp3) is 0.300. The number of fused-ring (bicyclic) bond motifs is 3. The average Bonchev–Trinajstić information content (AvgIpc) is 3.33. The van der Waals surface area contributed by atoms with Crippen molar-refractivity contribution < 1.29 is 0 Å². The van der Waals surface area contributed by atoms with E-state index in [1.54, 1.807) is 0 Å². The number of pyridine rings is 2. The van der Waals surface area contributed by atoms with Crippen molar-refractivity contribution in [1.29, 1.82) is 0 Å². The highest BCUT2D eigenvalue weighted by Gasteiger charge is 2.34. The van der Waals surface area contributed by atoms with Crippen molar-refractivity contribution in [2.45, 2.75) is 45.2 Å². The first kappa shape index (κ1) is 22.8. The van der Waals surface area contributed by atoms with Gasteiger partial charge in [-0.1, -0.05) is 68.4 Å². The zero-order valence-corrected chi connectivity index (χ0v) is 21.0. The van der Waals surface area contributed by atoms with Gasteiger partial charge in [0, 0.05) is 28.2 Å². The van der Waals surface area contributed by atoms with Crippen LogP contribution in [0.5, 0.6) is 0 Å². The molecule has 0 spiro atoms. The minimum atomic E-state index is -0.167. The Balaban J connectivity index is 1.50. The molecule has 0 bridgehead atoms. The number of nitrogens with two attached hydrogens (primary N) is 1. The van der Waals surface area contributed by atoms with Crippen LogP contribution in [0.1, 0.15) is 44.5 Å². The molecule has 0 radical (unpaired) electrons. The van der Waals surface area contributed by atoms with Crippen LogP contribution in [-0.4, -0.2) is 37.6 Å². The van der Waals surface area contributed by atoms with Gasteiger partial charge < -0.3 is 5.73 Å². The zero-order chi connectivity index (χ0) is 24.7. The molecule has 6 rings (SSSR count). The summed E-state index contributed by atoms with van der Waals surface area (Å²) in [5.41, 5.74) is 13.7. The molecular weight excluding hydrogens is 444 g/mol. The van der Waals surface area contributed by atoms with Crippen molar-refractivity contribution in [3.8, 4) is 22.4 Å². The molecule has 0 saturated heterocycles. The second-order valence-corrected chi connectivity index (χ2v) is 9.86. The zero-order valence-electron chi connectivity index (χ0n) is 21.0. The second-order valence-electron chi connectivity index (χ2n) is 9.86. The Hall–Kier alpha value is -3.61. The number of rotatable bonds is 7. The standard InChI is InChI=1S/C30H32N6/c1-3-35(4-2)20-27-33-34-29-25-19-24(21-9-6-5-7-10-21)28(32-26(25)15-18-36(27)29)22-11-13-23(14-12-22)30(31)16-8-17-30/h5-7,9-15,18-19H,3-4,8,16-17,20,31H2,1-2H3. The molecule has 0 aliphatic heterocycles. The van der Waals surface area contributed by atoms with Crippen molar-refractivity contribution >= 4 is 16.6 Å². The third-order valence-electron chi connectivity index (χ3n) is 7.76. The molecule has 0 atom stereocenters. The van der Waals surface area contributed by atoms with Crippen LogP contribution in [0.2, 0.25) is 0 Å². The predicted octanol–water partition coefficient (Wildman–Crippen LogP) is 5.79. The summed E-state index contributed by atoms with van der Waals surface area (Å²) < 4.78 is 2.10. The Morgan fingerprint density at radius 2 is 1.67 bits per heavy atom. The lowest BCUT2D eigenvalue weighted by Gasteiger charge is -2.38. The van der Waals surface area contributed by atoms with Gasteiger partial charge in [-0.25, -0.2) is 4.98 Å². The van der Waals surface area contributed by atoms with Crippen LogP contribution in [0, 0.1) is 0 Å². The van der Waals surface area contributed by atoms with E-state index in [1.165, 1.54) is 12.0 Å². The van der Waals surface area contributed by atoms with Crippen LogP contribution in [0.4, 0.5) is 0 Å². The molecule has 6 nitrogen and oxygen atoms in total. The number of aromatic nitrogens is 4. The Morgan fingerprint density at radius 3 is 2.33 bits per heavy atom. The van der Waals surface area contributed by atoms with Gasteiger partial charge in [0.25, 0.3) is 0 Å². The molecular formula is C30H32N6. The van der Waals surface area contributed by atoms with Gasteiger partial charge in [0.15, 0.2) is 11.5 Å². The number of nitrogens with zero attached hydrogens (tertiary/aromatic N) is 5. The summed E-state index contributed by atoms with van der Waals surface area (Å²) in [6.45, 7) is 7.07. The molecule has 2 N–H and O–H groups in total. The quantitative estimate of drug-likeness (QED) is 0.322. The van der Waals surface area contributed by atoms with E-state index in [0.29, 0.717) is 0 Å². The molecule has 0 amide bonds. The largest absolute Gasteiger partial charge is 0.321 e. The molecule has 36 heavy (non-hydrogen) atoms. The first-order valence-corrected chi connectivity index (χ1v) is 12.9. The van der Waals surface area contributed by atoms with E-state index in [9.17, 15) is 0 Å². The normalized spacial score (nSPS) is 15.0. The molecule has 0 unspecified atom stereocenters. The van der Waals surface area contributed by atoms with Gasteiger partial charge in [-0.15, -0.1) is 10.2 Å². The van der Waals surface area contributed by atoms with Gasteiger partial charge in [0.1, 0.15) is 0 Å². The third-order valence-corrected chi connectivity index (χ3v) is 7.76. The maximum atomic E-state index is 6.58. The summed E-state index contributed by atoms with van der Waals surface area (Å²) in [7, 11) is 0. The highest BCUT2D eigenvalue weighted by molar-refractivity contribution is 5.98. The lowest BCUT2D eigenvalue weighted by molar-refractivity contribution is 0.253. The fourth-order valence-corrected chi connectivity index (χ4v) is 5.26. The van der Waals surface area contributed by atoms with E-state index >= 15 is 0 Å². The Morgan fingerprint density at radius 1 is 0.917 bits per heavy atom. The number of hydrogen-bond donors (Lipinski definition) is 1. The van der Waals surface area contributed by atoms with Crippen LogP contribution in [0.15, 0.2) is 72.9 Å². The fourth-order valence-electron chi connectivity index (χ4n) is 5.26. The highest BCUT2D eigenvalue weighted by atomic mass is 15.3. The van der Waals surface area contributed by atoms with Crippen LogP contribution in [-0.2, 0) is 12.1 Å². The maximum absolute atomic E-state index is 6.58. The lowest BCUT2D eigenvalue weighted by atomic mass is 9.72. The molecule has 1 aliphatic carbocycles. The average molecular weight is 477 g/mol. The summed E-state index contributed by atoms with van der Waals surface area (Å²) in [5, 5.41) is 10.1. The first-order chi connectivity index (χ1) is 17.6. The number of benzene rings is 2. The van der Waals surface area contributed by atoms with Crippen LogP contribution < -0.4 is 5.73 Å². The van der Waals surface area contributed by atoms with Crippen molar-refractivity contribution in [2.24, 2.45) is 5.73 Å². The minimum absolute atomic E-state index is 0.167. The molecule has 6 heteroatoms. The number of hydrogen-bond acceptors (Lipinski definition) is 5. The highest BCUT2D eigenvalue weighted by Crippen LogP contribution is 2.40. The van der Waals surface area contributed by atoms with Gasteiger partial charge >= 0.3 is 0 Å². The van der Waals surface area contributed by atoms with Gasteiger partial charge in [-0.3, -0.25) is 9.30 Å². The van der Waals surface area contributed by atoms with E-state index in [0.717, 1.165) is 77.2 Å². The molecule has 2 aromatic carbocycles. The van der Waals surface area contributed by atoms with Gasteiger partial charge in [-0.2, -0.15) is 0 Å². The molecule has 1 aliphatic rings. The monoisotopic (exact) mass is 476 g/mol. The maximum Gasteiger partial charge on any atom is 0.170 e. The second kappa shape index (κ2) is 9.12. The summed E-state index contributed by atoms with van der Waals surface area (Å²) in [6.07, 6.45) is 5.37. The molecule has 182 valence electrons. The van der Waals surface area contributed by atoms with Crippen LogP contribution in [0.25, 0.3) is 38.9 Å². The topological polar surface area (TPSA) is 72.3 Å². The molecule has 5 aromatic rings. The molecule has 1 saturated carbocycles. The lowest BCUT2D eigenvalue weighted by Crippen LogP contribution is -2.43. The summed E-state index contributed by atoms with van der Waals surface area (Å²) in [4.78, 5) is 7.52. The first-order valence-electron chi connectivity index (χ1n) is 12.9. The Labute approximate surface area is 211 Å². The Bertz CT molecular complexity index is 1510. The van der Waals surface area contributed by atoms with Crippen molar-refractivity contribution in [1.82, 2.24) is 24.5 Å². The third kappa shape index (κ3) is 3.87. The summed E-state index contributed by atoms with van der Waals surface area (Å²) in [5.74, 6) is 0.947. The predicted molar refractivity (Wildman–Crippen MR) is 146 cm³/mol. The van der Waals surface area contributed by atoms with Crippen LogP contribution in [0.3, 0.4) is 0 Å². The van der Waals surface area contributed by atoms with Gasteiger partial charge in [0.05, 0.1) is 17.8 Å². The molecule has 1 fully saturated rings. The van der Waals surface area contributed by atoms with Crippen molar-refractivity contribution in [3.05, 3.63) is 84.3 Å². The Kier molecular flexibility index (Phi) is 5.78. The van der Waals surface area contributed by atoms with E-state index in [2.05, 4.69) is 94.0 Å². The smallest absolute Gasteiger partial charge is 0.170 e. The van der Waals surface area contributed by atoms with Crippen molar-refractivity contribution in [3.63, 3.8) is 0 Å². The van der Waals surface area contributed by atoms with Crippen molar-refractivity contribution in [2.75, 3.05) is 13.1 Å². The van der Waals surface area contributed by atoms with E-state index < -0.39 is 0 Å². The molecule has 3 aromatic heterocycles. The van der Waals surface area contributed by atoms with E-state index in [4.69, 9.17) is 10.7 Å². The van der Waals surface area contributed by atoms with Gasteiger partial charge in [-0.05, 0) is 55.6 Å². The van der Waals surface area contributed by atoms with Gasteiger partial charge in [0.2, 0.25) is 0 Å². The van der Waals surface area contributed by atoms with Crippen LogP contribution >= 0.6 is 0 Å². The summed E-state index contributed by atoms with van der Waals surface area (Å²) >= 11 is 0.